The molecular formula is C63H70N3OPt-. The third-order valence-corrected chi connectivity index (χ3v) is 12.9. The Bertz CT molecular complexity index is 3480. The number of fused-ring (bicyclic) bond motifs is 1. The summed E-state index contributed by atoms with van der Waals surface area (Å²) in [6.45, 7) is 15.2. The number of nitrogens with zero attached hydrogens (tertiary/aromatic N) is 3. The van der Waals surface area contributed by atoms with Gasteiger partial charge in [0.05, 0.1) is 16.6 Å². The summed E-state index contributed by atoms with van der Waals surface area (Å²) >= 11 is 0. The van der Waals surface area contributed by atoms with Gasteiger partial charge in [-0.1, -0.05) is 194 Å². The summed E-state index contributed by atoms with van der Waals surface area (Å²) in [5.74, 6) is -0.133. The Morgan fingerprint density at radius 2 is 1.29 bits per heavy atom. The minimum absolute atomic E-state index is 0. The molecule has 0 aliphatic carbocycles. The van der Waals surface area contributed by atoms with E-state index in [1.165, 1.54) is 17.7 Å². The maximum absolute atomic E-state index is 12.4. The summed E-state index contributed by atoms with van der Waals surface area (Å²) in [6, 6.07) is 42.2. The number of rotatable bonds is 9. The van der Waals surface area contributed by atoms with Crippen LogP contribution >= 0.6 is 0 Å². The minimum atomic E-state index is -3.38. The van der Waals surface area contributed by atoms with Crippen molar-refractivity contribution in [3.63, 3.8) is 0 Å². The van der Waals surface area contributed by atoms with Crippen LogP contribution in [-0.2, 0) is 37.3 Å². The first-order valence-electron chi connectivity index (χ1n) is 28.3. The molecule has 0 atom stereocenters. The van der Waals surface area contributed by atoms with Crippen LogP contribution in [0.2, 0.25) is 0 Å². The molecule has 0 amide bonds. The number of para-hydroxylation sites is 1. The molecule has 0 fully saturated rings. The van der Waals surface area contributed by atoms with Gasteiger partial charge in [0, 0.05) is 52.4 Å². The summed E-state index contributed by atoms with van der Waals surface area (Å²) < 4.78 is 85.7. The van der Waals surface area contributed by atoms with Gasteiger partial charge in [-0.3, -0.25) is 9.55 Å². The Hall–Kier alpha value is -5.57. The molecule has 8 aromatic rings. The Kier molecular flexibility index (Phi) is 10.7. The fourth-order valence-corrected chi connectivity index (χ4v) is 9.03. The van der Waals surface area contributed by atoms with E-state index in [0.717, 1.165) is 55.7 Å². The van der Waals surface area contributed by atoms with Gasteiger partial charge in [-0.15, -0.1) is 29.3 Å². The van der Waals surface area contributed by atoms with E-state index in [4.69, 9.17) is 22.3 Å². The number of phenolic OH excluding ortho intramolecular Hbond substituents is 1. The summed E-state index contributed by atoms with van der Waals surface area (Å²) in [5, 5.41) is 12.4. The second-order valence-corrected chi connectivity index (χ2v) is 21.0. The van der Waals surface area contributed by atoms with E-state index < -0.39 is 31.9 Å². The molecule has 0 radical (unpaired) electrons. The van der Waals surface area contributed by atoms with E-state index in [0.29, 0.717) is 39.3 Å². The van der Waals surface area contributed by atoms with Gasteiger partial charge < -0.3 is 5.11 Å². The number of phenols is 1. The van der Waals surface area contributed by atoms with Crippen molar-refractivity contribution in [3.8, 4) is 67.5 Å². The number of hydrogen-bond acceptors (Lipinski definition) is 3. The van der Waals surface area contributed by atoms with E-state index in [2.05, 4.69) is 134 Å². The summed E-state index contributed by atoms with van der Waals surface area (Å²) in [7, 11) is 0. The average molecular weight is 1090 g/mol. The van der Waals surface area contributed by atoms with E-state index in [1.54, 1.807) is 24.4 Å². The molecule has 2 aromatic heterocycles. The van der Waals surface area contributed by atoms with Crippen molar-refractivity contribution in [3.05, 3.63) is 167 Å². The third kappa shape index (κ3) is 9.95. The number of pyridine rings is 1. The van der Waals surface area contributed by atoms with Crippen LogP contribution < -0.4 is 0 Å². The van der Waals surface area contributed by atoms with Crippen molar-refractivity contribution >= 4 is 11.0 Å². The largest absolute Gasteiger partial charge is 0.507 e. The number of aromatic nitrogens is 3. The topological polar surface area (TPSA) is 50.9 Å². The molecule has 2 heterocycles. The minimum Gasteiger partial charge on any atom is -0.507 e. The van der Waals surface area contributed by atoms with E-state index in [1.807, 2.05) is 50.2 Å². The molecule has 0 aliphatic rings. The fraction of sp³-hybridized carbons (Fsp3) is 0.333. The predicted molar refractivity (Wildman–Crippen MR) is 285 cm³/mol. The summed E-state index contributed by atoms with van der Waals surface area (Å²) in [5.41, 5.74) is 9.96. The van der Waals surface area contributed by atoms with Crippen molar-refractivity contribution in [1.82, 2.24) is 14.5 Å². The van der Waals surface area contributed by atoms with E-state index in [-0.39, 0.29) is 55.0 Å². The number of aromatic hydroxyl groups is 1. The Labute approximate surface area is 435 Å². The van der Waals surface area contributed by atoms with Crippen molar-refractivity contribution in [1.29, 1.82) is 0 Å². The zero-order valence-corrected chi connectivity index (χ0v) is 43.7. The molecule has 0 aliphatic heterocycles. The van der Waals surface area contributed by atoms with Gasteiger partial charge in [0.2, 0.25) is 0 Å². The number of hydrogen-bond donors (Lipinski definition) is 1. The maximum atomic E-state index is 12.4. The van der Waals surface area contributed by atoms with Gasteiger partial charge in [0.15, 0.2) is 0 Å². The number of imidazole rings is 1. The van der Waals surface area contributed by atoms with Gasteiger partial charge >= 0.3 is 0 Å². The van der Waals surface area contributed by atoms with Crippen LogP contribution in [0.4, 0.5) is 0 Å². The SMILES string of the molecule is [2H]C(C)(C)c1cc(-n2c(-c3cc(C(C)C)cc(C(C)C)c3O)nc3c(-c4[c-]c(-c5cc(-c6ccc(C(C([2H])([2H])[2H])(C([2H])([2H])[2H])C([2H])([2H])[2H])cc6)ccn5)cc(C(C)(C)C)c4)cccc32)ccc1-c1ccccc1C(C)(C)C.[Pt]. The first kappa shape index (κ1) is 38.3. The Morgan fingerprint density at radius 1 is 0.603 bits per heavy atom. The van der Waals surface area contributed by atoms with Crippen molar-refractivity contribution in [2.75, 3.05) is 0 Å². The van der Waals surface area contributed by atoms with Crippen LogP contribution in [0.25, 0.3) is 72.7 Å². The van der Waals surface area contributed by atoms with Gasteiger partial charge in [0.25, 0.3) is 0 Å². The molecule has 0 saturated carbocycles. The molecule has 354 valence electrons. The van der Waals surface area contributed by atoms with Crippen LogP contribution in [0.3, 0.4) is 0 Å². The maximum Gasteiger partial charge on any atom is 0.148 e. The molecule has 0 bridgehead atoms. The molecule has 0 spiro atoms. The molecule has 4 nitrogen and oxygen atoms in total. The van der Waals surface area contributed by atoms with Gasteiger partial charge in [-0.25, -0.2) is 4.98 Å². The van der Waals surface area contributed by atoms with Crippen molar-refractivity contribution < 1.29 is 39.9 Å². The second-order valence-electron chi connectivity index (χ2n) is 21.0. The third-order valence-electron chi connectivity index (χ3n) is 12.9. The summed E-state index contributed by atoms with van der Waals surface area (Å²) in [4.78, 5) is 10.4. The Balaban J connectivity index is 0.00000882. The van der Waals surface area contributed by atoms with Crippen LogP contribution in [0.1, 0.15) is 168 Å². The van der Waals surface area contributed by atoms with Gasteiger partial charge in [-0.05, 0) is 114 Å². The second kappa shape index (κ2) is 19.1. The van der Waals surface area contributed by atoms with Crippen molar-refractivity contribution in [2.24, 2.45) is 0 Å². The predicted octanol–water partition coefficient (Wildman–Crippen LogP) is 17.5. The quantitative estimate of drug-likeness (QED) is 0.147. The van der Waals surface area contributed by atoms with Gasteiger partial charge in [-0.2, -0.15) is 0 Å². The van der Waals surface area contributed by atoms with Crippen LogP contribution in [0.5, 0.6) is 5.75 Å². The fourth-order valence-electron chi connectivity index (χ4n) is 9.03. The van der Waals surface area contributed by atoms with Crippen molar-refractivity contribution in [2.45, 2.75) is 138 Å². The van der Waals surface area contributed by atoms with Crippen LogP contribution in [0, 0.1) is 6.07 Å². The molecule has 8 rings (SSSR count). The molecular weight excluding hydrogens is 1010 g/mol. The normalized spacial score (nSPS) is 15.3. The standard InChI is InChI=1S/C63H70N3O.Pt/c1-38(2)43-34-53(40(5)6)59(67)54(35-43)60-65-58-49(20-18-22-57(58)66(60)48-27-28-50(52(37-48)39(3)4)51-19-16-17-21-55(51)63(13,14)15)44-31-45(33-47(32-44)62(10,11)12)56-36-42(29-30-64-56)41-23-25-46(26-24-41)61(7,8)9;/h16-30,32-40,67H,1-15H3;/q-1;/i7D3,8D3,9D3,39D;. The average Bonchev–Trinajstić information content (AvgIpc) is 3.90. The molecule has 0 saturated heterocycles. The zero-order valence-electron chi connectivity index (χ0n) is 51.4. The molecule has 1 N–H and O–H groups in total. The zero-order chi connectivity index (χ0) is 56.7. The van der Waals surface area contributed by atoms with E-state index >= 15 is 0 Å². The Morgan fingerprint density at radius 3 is 1.94 bits per heavy atom. The number of benzene rings is 6. The van der Waals surface area contributed by atoms with Crippen LogP contribution in [-0.4, -0.2) is 19.6 Å². The summed E-state index contributed by atoms with van der Waals surface area (Å²) in [6.07, 6.45) is 1.66. The first-order chi connectivity index (χ1) is 35.6. The molecule has 5 heteroatoms. The van der Waals surface area contributed by atoms with E-state index in [9.17, 15) is 6.48 Å². The first-order valence-corrected chi connectivity index (χ1v) is 23.3. The van der Waals surface area contributed by atoms with Crippen LogP contribution in [0.15, 0.2) is 128 Å². The molecule has 0 unspecified atom stereocenters. The van der Waals surface area contributed by atoms with Gasteiger partial charge in [0.1, 0.15) is 11.6 Å². The molecule has 6 aromatic carbocycles. The smallest absolute Gasteiger partial charge is 0.148 e. The molecule has 68 heavy (non-hydrogen) atoms. The monoisotopic (exact) mass is 1090 g/mol.